The molecule has 0 fully saturated rings. The van der Waals surface area contributed by atoms with Crippen LogP contribution in [0.15, 0.2) is 86.3 Å². The average molecular weight is 608 g/mol. The van der Waals surface area contributed by atoms with E-state index in [1.165, 1.54) is 0 Å². The van der Waals surface area contributed by atoms with E-state index in [4.69, 9.17) is 61.5 Å². The predicted octanol–water partition coefficient (Wildman–Crippen LogP) is 9.92. The van der Waals surface area contributed by atoms with Gasteiger partial charge in [0, 0.05) is 17.1 Å². The van der Waals surface area contributed by atoms with Crippen molar-refractivity contribution in [3.8, 4) is 17.2 Å². The summed E-state index contributed by atoms with van der Waals surface area (Å²) in [6, 6.07) is 21.7. The van der Waals surface area contributed by atoms with Crippen molar-refractivity contribution in [3.05, 3.63) is 72.8 Å². The van der Waals surface area contributed by atoms with Gasteiger partial charge >= 0.3 is 0 Å². The SMILES string of the molecule is COc1ccc(NP2(Cl)=NP(Cl)(Nc3ccc(OC)cc3)=NP(Cl)(Nc3ccc(OC)cc3)=N2)cc1. The highest BCUT2D eigenvalue weighted by atomic mass is 35.7. The molecule has 4 rings (SSSR count). The lowest BCUT2D eigenvalue weighted by atomic mass is 10.3. The van der Waals surface area contributed by atoms with Crippen LogP contribution in [0.3, 0.4) is 0 Å². The monoisotopic (exact) mass is 606 g/mol. The number of ether oxygens (including phenoxy) is 3. The number of hydrogen-bond donors (Lipinski definition) is 3. The first-order valence-electron chi connectivity index (χ1n) is 10.4. The summed E-state index contributed by atoms with van der Waals surface area (Å²) in [4.78, 5) is 0. The summed E-state index contributed by atoms with van der Waals surface area (Å²) in [5, 5.41) is 9.66. The molecule has 0 bridgehead atoms. The zero-order chi connectivity index (χ0) is 25.8. The molecule has 0 saturated carbocycles. The minimum Gasteiger partial charge on any atom is -0.497 e. The van der Waals surface area contributed by atoms with Crippen LogP contribution >= 0.6 is 53.8 Å². The molecule has 0 atom stereocenters. The van der Waals surface area contributed by atoms with Crippen LogP contribution in [0.4, 0.5) is 17.1 Å². The van der Waals surface area contributed by atoms with Gasteiger partial charge in [0.1, 0.15) is 17.2 Å². The van der Waals surface area contributed by atoms with Gasteiger partial charge in [-0.3, -0.25) is 0 Å². The van der Waals surface area contributed by atoms with Crippen molar-refractivity contribution >= 4 is 70.9 Å². The average Bonchev–Trinajstić information content (AvgIpc) is 2.84. The van der Waals surface area contributed by atoms with E-state index in [0.29, 0.717) is 34.3 Å². The van der Waals surface area contributed by atoms with Gasteiger partial charge in [0.25, 0.3) is 20.1 Å². The fourth-order valence-corrected chi connectivity index (χ4v) is 17.9. The maximum absolute atomic E-state index is 7.02. The van der Waals surface area contributed by atoms with Crippen LogP contribution in [-0.4, -0.2) is 21.3 Å². The second kappa shape index (κ2) is 11.2. The van der Waals surface area contributed by atoms with Gasteiger partial charge in [-0.1, -0.05) is 0 Å². The molecule has 1 aliphatic heterocycles. The lowest BCUT2D eigenvalue weighted by Crippen LogP contribution is -1.99. The van der Waals surface area contributed by atoms with E-state index in [1.54, 1.807) is 57.7 Å². The van der Waals surface area contributed by atoms with E-state index in [1.807, 2.05) is 36.4 Å². The molecule has 0 spiro atoms. The second-order valence-corrected chi connectivity index (χ2v) is 17.6. The fraction of sp³-hybridized carbons (Fsp3) is 0.143. The van der Waals surface area contributed by atoms with Crippen LogP contribution in [0.2, 0.25) is 0 Å². The first-order chi connectivity index (χ1) is 17.2. The van der Waals surface area contributed by atoms with Gasteiger partial charge in [-0.15, -0.1) is 0 Å². The lowest BCUT2D eigenvalue weighted by molar-refractivity contribution is 0.415. The standard InChI is InChI=1S/C21H24Cl3N6O3P3/c1-31-19-10-4-16(5-11-19)25-34(22)28-35(23,26-17-6-12-20(32-2)13-7-17)30-36(24,29-34)27-18-8-14-21(33-3)15-9-18/h4-15,25-27H,1-3H3. The van der Waals surface area contributed by atoms with Crippen molar-refractivity contribution in [1.82, 2.24) is 0 Å². The molecule has 3 aromatic rings. The van der Waals surface area contributed by atoms with Crippen molar-refractivity contribution in [2.75, 3.05) is 36.6 Å². The van der Waals surface area contributed by atoms with Crippen LogP contribution in [0.5, 0.6) is 17.2 Å². The Morgan fingerprint density at radius 2 is 0.694 bits per heavy atom. The molecule has 36 heavy (non-hydrogen) atoms. The third-order valence-electron chi connectivity index (χ3n) is 4.80. The Balaban J connectivity index is 1.75. The van der Waals surface area contributed by atoms with Crippen molar-refractivity contribution < 1.29 is 14.2 Å². The molecule has 0 saturated heterocycles. The Kier molecular flexibility index (Phi) is 8.41. The number of rotatable bonds is 9. The minimum atomic E-state index is -3.16. The van der Waals surface area contributed by atoms with E-state index in [0.717, 1.165) is 0 Å². The molecular formula is C21H24Cl3N6O3P3. The maximum atomic E-state index is 7.02. The highest BCUT2D eigenvalue weighted by Crippen LogP contribution is 2.82. The number of nitrogens with one attached hydrogen (secondary N) is 3. The Morgan fingerprint density at radius 1 is 0.472 bits per heavy atom. The predicted molar refractivity (Wildman–Crippen MR) is 155 cm³/mol. The molecule has 1 aliphatic rings. The number of benzene rings is 3. The van der Waals surface area contributed by atoms with E-state index < -0.39 is 20.1 Å². The van der Waals surface area contributed by atoms with E-state index >= 15 is 0 Å². The summed E-state index contributed by atoms with van der Waals surface area (Å²) in [6.45, 7) is -9.48. The van der Waals surface area contributed by atoms with E-state index in [2.05, 4.69) is 15.3 Å². The Hall–Kier alpha value is -1.98. The second-order valence-electron chi connectivity index (χ2n) is 7.36. The van der Waals surface area contributed by atoms with Gasteiger partial charge in [-0.05, 0) is 107 Å². The summed E-state index contributed by atoms with van der Waals surface area (Å²) >= 11 is 21.1. The van der Waals surface area contributed by atoms with Crippen LogP contribution < -0.4 is 29.5 Å². The summed E-state index contributed by atoms with van der Waals surface area (Å²) in [5.41, 5.74) is 2.07. The minimum absolute atomic E-state index is 0.689. The Morgan fingerprint density at radius 3 is 0.889 bits per heavy atom. The molecule has 0 radical (unpaired) electrons. The summed E-state index contributed by atoms with van der Waals surface area (Å²) in [7, 11) is 4.79. The molecule has 3 N–H and O–H groups in total. The summed E-state index contributed by atoms with van der Waals surface area (Å²) < 4.78 is 29.8. The largest absolute Gasteiger partial charge is 0.497 e. The Labute approximate surface area is 224 Å². The quantitative estimate of drug-likeness (QED) is 0.209. The van der Waals surface area contributed by atoms with Gasteiger partial charge < -0.3 is 29.5 Å². The van der Waals surface area contributed by atoms with Crippen molar-refractivity contribution in [1.29, 1.82) is 0 Å². The van der Waals surface area contributed by atoms with Crippen molar-refractivity contribution in [3.63, 3.8) is 0 Å². The van der Waals surface area contributed by atoms with Crippen LogP contribution in [0.25, 0.3) is 0 Å². The number of halogens is 3. The Bertz CT molecular complexity index is 1200. The zero-order valence-corrected chi connectivity index (χ0v) is 24.4. The number of methoxy groups -OCH3 is 3. The molecule has 3 aromatic carbocycles. The smallest absolute Gasteiger partial charge is 0.262 e. The number of nitrogens with zero attached hydrogens (tertiary/aromatic N) is 3. The van der Waals surface area contributed by atoms with E-state index in [-0.39, 0.29) is 0 Å². The van der Waals surface area contributed by atoms with Crippen molar-refractivity contribution in [2.24, 2.45) is 13.5 Å². The van der Waals surface area contributed by atoms with Gasteiger partial charge in [-0.2, -0.15) is 13.5 Å². The molecule has 192 valence electrons. The van der Waals surface area contributed by atoms with Crippen molar-refractivity contribution in [2.45, 2.75) is 0 Å². The lowest BCUT2D eigenvalue weighted by Gasteiger charge is -2.29. The molecule has 0 unspecified atom stereocenters. The van der Waals surface area contributed by atoms with Gasteiger partial charge in [0.15, 0.2) is 0 Å². The molecule has 9 nitrogen and oxygen atoms in total. The van der Waals surface area contributed by atoms with Crippen LogP contribution in [0.1, 0.15) is 0 Å². The molecular weight excluding hydrogens is 584 g/mol. The van der Waals surface area contributed by atoms with Gasteiger partial charge in [-0.25, -0.2) is 0 Å². The molecule has 15 heteroatoms. The molecule has 0 aliphatic carbocycles. The first-order valence-corrected chi connectivity index (χ1v) is 18.2. The highest BCUT2D eigenvalue weighted by Gasteiger charge is 2.35. The third kappa shape index (κ3) is 6.86. The van der Waals surface area contributed by atoms with Crippen LogP contribution in [-0.2, 0) is 0 Å². The zero-order valence-electron chi connectivity index (χ0n) is 19.5. The number of hydrogen-bond acceptors (Lipinski definition) is 9. The summed E-state index contributed by atoms with van der Waals surface area (Å²) in [6.07, 6.45) is 0. The highest BCUT2D eigenvalue weighted by molar-refractivity contribution is 8.10. The molecule has 0 amide bonds. The number of anilines is 3. The summed E-state index contributed by atoms with van der Waals surface area (Å²) in [5.74, 6) is 2.11. The molecule has 0 aromatic heterocycles. The van der Waals surface area contributed by atoms with Gasteiger partial charge in [0.2, 0.25) is 0 Å². The first kappa shape index (κ1) is 27.1. The van der Waals surface area contributed by atoms with Crippen LogP contribution in [0, 0.1) is 0 Å². The topological polar surface area (TPSA) is 101 Å². The molecule has 1 heterocycles. The van der Waals surface area contributed by atoms with Gasteiger partial charge in [0.05, 0.1) is 21.3 Å². The maximum Gasteiger partial charge on any atom is 0.262 e. The van der Waals surface area contributed by atoms with E-state index in [9.17, 15) is 0 Å². The normalized spacial score (nSPS) is 24.8. The third-order valence-corrected chi connectivity index (χ3v) is 16.5. The fourth-order valence-electron chi connectivity index (χ4n) is 3.15.